The molecule has 10 heteroatoms. The second kappa shape index (κ2) is 10.9. The van der Waals surface area contributed by atoms with Crippen LogP contribution in [-0.4, -0.2) is 63.2 Å². The first-order valence-corrected chi connectivity index (χ1v) is 25.4. The maximum atomic E-state index is 14.5. The van der Waals surface area contributed by atoms with Gasteiger partial charge in [0, 0.05) is 12.5 Å². The van der Waals surface area contributed by atoms with Crippen molar-refractivity contribution >= 4 is 34.8 Å². The van der Waals surface area contributed by atoms with Gasteiger partial charge in [0.15, 0.2) is 25.0 Å². The molecular formula is C31H58O6SSi3. The van der Waals surface area contributed by atoms with Crippen LogP contribution in [0.1, 0.15) is 68.7 Å². The standard InChI is InChI=1S/C31H58O6SSi3/c1-28(2,3)39(10,11)34-22-23-21-25-31(35-25,38(32,33)24-19-17-16-18-20-24)27(37-41(14,15)30(7,8)9)26(23)36-40(12,13)29(4,5)6/h16-20,23,25-27H,21-22H2,1-15H3/t23-,25+,26-,27+,31-/m1/s1. The lowest BCUT2D eigenvalue weighted by molar-refractivity contribution is -0.0430. The van der Waals surface area contributed by atoms with Crippen LogP contribution in [0.3, 0.4) is 0 Å². The van der Waals surface area contributed by atoms with Crippen LogP contribution in [0.25, 0.3) is 0 Å². The van der Waals surface area contributed by atoms with Gasteiger partial charge in [-0.1, -0.05) is 80.5 Å². The van der Waals surface area contributed by atoms with Crippen molar-refractivity contribution in [2.24, 2.45) is 5.92 Å². The molecule has 0 bridgehead atoms. The molecule has 0 spiro atoms. The average Bonchev–Trinajstić information content (AvgIpc) is 3.54. The zero-order valence-corrected chi connectivity index (χ0v) is 32.3. The van der Waals surface area contributed by atoms with Crippen molar-refractivity contribution in [3.63, 3.8) is 0 Å². The molecule has 1 aromatic rings. The van der Waals surface area contributed by atoms with E-state index in [1.165, 1.54) is 0 Å². The van der Waals surface area contributed by atoms with E-state index in [1.807, 2.05) is 6.07 Å². The topological polar surface area (TPSA) is 74.4 Å². The van der Waals surface area contributed by atoms with Crippen LogP contribution in [0.4, 0.5) is 0 Å². The molecule has 1 aliphatic carbocycles. The molecule has 0 N–H and O–H groups in total. The molecule has 1 aliphatic heterocycles. The Balaban J connectivity index is 2.19. The number of benzene rings is 1. The van der Waals surface area contributed by atoms with Gasteiger partial charge in [0.05, 0.1) is 11.0 Å². The fourth-order valence-electron chi connectivity index (χ4n) is 4.72. The molecule has 2 fully saturated rings. The van der Waals surface area contributed by atoms with Crippen LogP contribution in [-0.2, 0) is 27.9 Å². The number of hydrogen-bond donors (Lipinski definition) is 0. The minimum Gasteiger partial charge on any atom is -0.416 e. The van der Waals surface area contributed by atoms with Crippen LogP contribution >= 0.6 is 0 Å². The van der Waals surface area contributed by atoms with Gasteiger partial charge in [-0.3, -0.25) is 0 Å². The van der Waals surface area contributed by atoms with Gasteiger partial charge in [-0.05, 0) is 73.0 Å². The van der Waals surface area contributed by atoms with Gasteiger partial charge in [-0.25, -0.2) is 8.42 Å². The van der Waals surface area contributed by atoms with Crippen LogP contribution in [0, 0.1) is 5.92 Å². The molecule has 0 unspecified atom stereocenters. The Morgan fingerprint density at radius 3 is 1.71 bits per heavy atom. The normalized spacial score (nSPS) is 28.4. The summed E-state index contributed by atoms with van der Waals surface area (Å²) in [5, 5.41) is -0.127. The van der Waals surface area contributed by atoms with Gasteiger partial charge >= 0.3 is 0 Å². The maximum absolute atomic E-state index is 14.5. The molecule has 0 radical (unpaired) electrons. The summed E-state index contributed by atoms with van der Waals surface area (Å²) >= 11 is 0. The third-order valence-electron chi connectivity index (χ3n) is 10.8. The summed E-state index contributed by atoms with van der Waals surface area (Å²) in [6.45, 7) is 33.8. The zero-order valence-electron chi connectivity index (χ0n) is 28.5. The summed E-state index contributed by atoms with van der Waals surface area (Å²) in [6, 6.07) is 8.72. The zero-order chi connectivity index (χ0) is 31.7. The van der Waals surface area contributed by atoms with E-state index in [9.17, 15) is 8.42 Å². The lowest BCUT2D eigenvalue weighted by Gasteiger charge is -2.50. The Morgan fingerprint density at radius 1 is 0.780 bits per heavy atom. The van der Waals surface area contributed by atoms with E-state index >= 15 is 0 Å². The van der Waals surface area contributed by atoms with E-state index in [0.717, 1.165) is 0 Å². The van der Waals surface area contributed by atoms with Crippen molar-refractivity contribution in [3.8, 4) is 0 Å². The highest BCUT2D eigenvalue weighted by Crippen LogP contribution is 2.59. The number of epoxide rings is 1. The van der Waals surface area contributed by atoms with E-state index in [1.54, 1.807) is 24.3 Å². The Kier molecular flexibility index (Phi) is 9.36. The highest BCUT2D eigenvalue weighted by atomic mass is 32.2. The van der Waals surface area contributed by atoms with Crippen molar-refractivity contribution in [1.29, 1.82) is 0 Å². The lowest BCUT2D eigenvalue weighted by atomic mass is 9.84. The summed E-state index contributed by atoms with van der Waals surface area (Å²) in [5.74, 6) is -0.0420. The van der Waals surface area contributed by atoms with Gasteiger partial charge in [-0.2, -0.15) is 0 Å². The quantitative estimate of drug-likeness (QED) is 0.199. The number of sulfone groups is 1. The Morgan fingerprint density at radius 2 is 1.24 bits per heavy atom. The van der Waals surface area contributed by atoms with Crippen LogP contribution in [0.15, 0.2) is 35.2 Å². The molecule has 1 heterocycles. The Labute approximate surface area is 254 Å². The molecule has 1 aromatic carbocycles. The average molecular weight is 643 g/mol. The van der Waals surface area contributed by atoms with Crippen molar-refractivity contribution in [2.45, 2.75) is 151 Å². The predicted molar refractivity (Wildman–Crippen MR) is 177 cm³/mol. The van der Waals surface area contributed by atoms with Crippen LogP contribution in [0.2, 0.25) is 54.4 Å². The molecule has 41 heavy (non-hydrogen) atoms. The monoisotopic (exact) mass is 642 g/mol. The van der Waals surface area contributed by atoms with E-state index in [4.69, 9.17) is 18.0 Å². The van der Waals surface area contributed by atoms with E-state index in [2.05, 4.69) is 102 Å². The number of fused-ring (bicyclic) bond motifs is 1. The third kappa shape index (κ3) is 6.55. The van der Waals surface area contributed by atoms with Gasteiger partial charge in [0.1, 0.15) is 12.2 Å². The maximum Gasteiger partial charge on any atom is 0.227 e. The molecule has 236 valence electrons. The van der Waals surface area contributed by atoms with Crippen molar-refractivity contribution < 1.29 is 26.4 Å². The molecule has 0 aromatic heterocycles. The molecule has 3 rings (SSSR count). The first kappa shape index (κ1) is 35.1. The second-order valence-corrected chi connectivity index (χ2v) is 33.3. The molecule has 1 saturated carbocycles. The molecular weight excluding hydrogens is 585 g/mol. The Bertz CT molecular complexity index is 1180. The summed E-state index contributed by atoms with van der Waals surface area (Å²) in [5.41, 5.74) is 0. The summed E-state index contributed by atoms with van der Waals surface area (Å²) in [4.78, 5) is -1.20. The fraction of sp³-hybridized carbons (Fsp3) is 0.806. The summed E-state index contributed by atoms with van der Waals surface area (Å²) in [6.07, 6.45) is -1.12. The first-order valence-electron chi connectivity index (χ1n) is 15.2. The highest BCUT2D eigenvalue weighted by Gasteiger charge is 2.77. The lowest BCUT2D eigenvalue weighted by Crippen LogP contribution is -2.63. The smallest absolute Gasteiger partial charge is 0.227 e. The number of ether oxygens (including phenoxy) is 1. The summed E-state index contributed by atoms with van der Waals surface area (Å²) in [7, 11) is -10.8. The van der Waals surface area contributed by atoms with Gasteiger partial charge in [-0.15, -0.1) is 0 Å². The van der Waals surface area contributed by atoms with Crippen LogP contribution in [0.5, 0.6) is 0 Å². The van der Waals surface area contributed by atoms with Crippen molar-refractivity contribution in [3.05, 3.63) is 30.3 Å². The first-order chi connectivity index (χ1) is 18.2. The van der Waals surface area contributed by atoms with E-state index in [0.29, 0.717) is 13.0 Å². The van der Waals surface area contributed by atoms with E-state index in [-0.39, 0.29) is 25.9 Å². The number of hydrogen-bond acceptors (Lipinski definition) is 6. The molecule has 1 saturated heterocycles. The van der Waals surface area contributed by atoms with E-state index < -0.39 is 58.0 Å². The third-order valence-corrected chi connectivity index (χ3v) is 26.6. The highest BCUT2D eigenvalue weighted by molar-refractivity contribution is 7.93. The SMILES string of the molecule is CC(C)(C)[Si](C)(C)OC[C@H]1C[C@@H]2O[C@]2(S(=O)(=O)c2ccccc2)[C@@H](O[Si](C)(C)C(C)(C)C)[C@@H]1O[Si](C)(C)C(C)(C)C. The van der Waals surface area contributed by atoms with Crippen molar-refractivity contribution in [2.75, 3.05) is 6.61 Å². The van der Waals surface area contributed by atoms with Gasteiger partial charge in [0.2, 0.25) is 14.8 Å². The fourth-order valence-corrected chi connectivity index (χ4v) is 10.6. The molecule has 0 amide bonds. The minimum absolute atomic E-state index is 0.0420. The number of rotatable bonds is 9. The molecule has 5 atom stereocenters. The van der Waals surface area contributed by atoms with Crippen molar-refractivity contribution in [1.82, 2.24) is 0 Å². The molecule has 6 nitrogen and oxygen atoms in total. The van der Waals surface area contributed by atoms with Gasteiger partial charge in [0.25, 0.3) is 0 Å². The largest absolute Gasteiger partial charge is 0.416 e. The predicted octanol–water partition coefficient (Wildman–Crippen LogP) is 8.38. The Hall–Kier alpha value is -0.339. The van der Waals surface area contributed by atoms with Gasteiger partial charge < -0.3 is 18.0 Å². The van der Waals surface area contributed by atoms with Crippen LogP contribution < -0.4 is 0 Å². The molecule has 2 aliphatic rings. The second-order valence-electron chi connectivity index (χ2n) is 16.9. The minimum atomic E-state index is -3.89. The summed E-state index contributed by atoms with van der Waals surface area (Å²) < 4.78 is 56.7.